The van der Waals surface area contributed by atoms with Gasteiger partial charge in [0.15, 0.2) is 0 Å². The van der Waals surface area contributed by atoms with Crippen LogP contribution >= 0.6 is 0 Å². The van der Waals surface area contributed by atoms with Crippen molar-refractivity contribution < 1.29 is 0 Å². The van der Waals surface area contributed by atoms with Crippen molar-refractivity contribution in [2.24, 2.45) is 0 Å². The summed E-state index contributed by atoms with van der Waals surface area (Å²) >= 11 is 0. The molecule has 0 bridgehead atoms. The zero-order valence-corrected chi connectivity index (χ0v) is 20.2. The third-order valence-corrected chi connectivity index (χ3v) is 6.25. The molecule has 32 heavy (non-hydrogen) atoms. The average Bonchev–Trinajstić information content (AvgIpc) is 2.81. The van der Waals surface area contributed by atoms with Gasteiger partial charge in [-0.1, -0.05) is 97.1 Å². The van der Waals surface area contributed by atoms with Crippen LogP contribution in [0.4, 0.5) is 0 Å². The van der Waals surface area contributed by atoms with Crippen molar-refractivity contribution in [3.05, 3.63) is 129 Å². The summed E-state index contributed by atoms with van der Waals surface area (Å²) < 4.78 is 0. The Morgan fingerprint density at radius 3 is 1.31 bits per heavy atom. The first-order valence-corrected chi connectivity index (χ1v) is 11.3. The van der Waals surface area contributed by atoms with E-state index >= 15 is 0 Å². The molecule has 0 radical (unpaired) electrons. The second-order valence-corrected chi connectivity index (χ2v) is 8.62. The van der Waals surface area contributed by atoms with Crippen LogP contribution in [0, 0.1) is 41.5 Å². The molecule has 0 nitrogen and oxygen atoms in total. The molecule has 0 aliphatic carbocycles. The standard InChI is InChI=1S/C17H18.C15H16/c1-13-11-17(12-14(2)15(13)3)10-9-16-7-5-4-6-8-16;1-11-9-15(10-12(2)13(11)3)14-7-5-4-6-8-14/h4-12H,1-3H3;4-10H,1-3H3/b10-9+;. The quantitative estimate of drug-likeness (QED) is 0.291. The second kappa shape index (κ2) is 10.8. The normalized spacial score (nSPS) is 10.7. The molecule has 4 rings (SSSR count). The predicted molar refractivity (Wildman–Crippen MR) is 142 cm³/mol. The minimum atomic E-state index is 1.24. The second-order valence-electron chi connectivity index (χ2n) is 8.62. The molecular formula is C32H34. The molecule has 0 fully saturated rings. The molecule has 0 heteroatoms. The summed E-state index contributed by atoms with van der Waals surface area (Å²) in [6.45, 7) is 13.0. The van der Waals surface area contributed by atoms with Crippen LogP contribution in [0.2, 0.25) is 0 Å². The van der Waals surface area contributed by atoms with Crippen LogP contribution in [-0.2, 0) is 0 Å². The van der Waals surface area contributed by atoms with Gasteiger partial charge in [0.1, 0.15) is 0 Å². The first-order valence-electron chi connectivity index (χ1n) is 11.3. The Morgan fingerprint density at radius 2 is 0.812 bits per heavy atom. The van der Waals surface area contributed by atoms with E-state index in [0.717, 1.165) is 0 Å². The molecular weight excluding hydrogens is 384 g/mol. The van der Waals surface area contributed by atoms with E-state index in [2.05, 4.69) is 133 Å². The lowest BCUT2D eigenvalue weighted by atomic mass is 9.97. The first kappa shape index (κ1) is 23.3. The predicted octanol–water partition coefficient (Wildman–Crippen LogP) is 9.06. The lowest BCUT2D eigenvalue weighted by Gasteiger charge is -2.09. The average molecular weight is 419 g/mol. The molecule has 0 spiro atoms. The van der Waals surface area contributed by atoms with Gasteiger partial charge in [0.2, 0.25) is 0 Å². The van der Waals surface area contributed by atoms with Crippen molar-refractivity contribution in [1.82, 2.24) is 0 Å². The van der Waals surface area contributed by atoms with Crippen molar-refractivity contribution in [3.8, 4) is 11.1 Å². The van der Waals surface area contributed by atoms with Crippen LogP contribution in [0.15, 0.2) is 84.9 Å². The van der Waals surface area contributed by atoms with Gasteiger partial charge >= 0.3 is 0 Å². The number of rotatable bonds is 3. The monoisotopic (exact) mass is 418 g/mol. The first-order chi connectivity index (χ1) is 15.3. The summed E-state index contributed by atoms with van der Waals surface area (Å²) in [4.78, 5) is 0. The van der Waals surface area contributed by atoms with Crippen molar-refractivity contribution >= 4 is 12.2 Å². The molecule has 0 aliphatic rings. The van der Waals surface area contributed by atoms with E-state index in [1.165, 1.54) is 55.6 Å². The Balaban J connectivity index is 0.000000182. The number of hydrogen-bond acceptors (Lipinski definition) is 0. The summed E-state index contributed by atoms with van der Waals surface area (Å²) in [5.74, 6) is 0. The van der Waals surface area contributed by atoms with E-state index in [0.29, 0.717) is 0 Å². The maximum Gasteiger partial charge on any atom is -0.0179 e. The maximum absolute atomic E-state index is 2.26. The van der Waals surface area contributed by atoms with Gasteiger partial charge in [0.05, 0.1) is 0 Å². The SMILES string of the molecule is Cc1cc(-c2ccccc2)cc(C)c1C.Cc1cc(/C=C/c2ccccc2)cc(C)c1C. The van der Waals surface area contributed by atoms with Gasteiger partial charge in [-0.3, -0.25) is 0 Å². The largest absolute Gasteiger partial charge is 0.0622 e. The van der Waals surface area contributed by atoms with Crippen LogP contribution in [0.1, 0.15) is 44.5 Å². The van der Waals surface area contributed by atoms with Crippen molar-refractivity contribution in [3.63, 3.8) is 0 Å². The van der Waals surface area contributed by atoms with Gasteiger partial charge in [0.25, 0.3) is 0 Å². The van der Waals surface area contributed by atoms with Crippen LogP contribution in [0.3, 0.4) is 0 Å². The van der Waals surface area contributed by atoms with E-state index in [4.69, 9.17) is 0 Å². The van der Waals surface area contributed by atoms with Crippen molar-refractivity contribution in [2.45, 2.75) is 41.5 Å². The fraction of sp³-hybridized carbons (Fsp3) is 0.188. The Bertz CT molecular complexity index is 1150. The van der Waals surface area contributed by atoms with Crippen molar-refractivity contribution in [2.75, 3.05) is 0 Å². The van der Waals surface area contributed by atoms with Crippen LogP contribution < -0.4 is 0 Å². The number of benzene rings is 4. The van der Waals surface area contributed by atoms with E-state index in [-0.39, 0.29) is 0 Å². The highest BCUT2D eigenvalue weighted by Gasteiger charge is 2.02. The highest BCUT2D eigenvalue weighted by molar-refractivity contribution is 5.70. The molecule has 0 aliphatic heterocycles. The highest BCUT2D eigenvalue weighted by Crippen LogP contribution is 2.24. The highest BCUT2D eigenvalue weighted by atomic mass is 14.1. The topological polar surface area (TPSA) is 0 Å². The zero-order valence-electron chi connectivity index (χ0n) is 20.2. The Labute approximate surface area is 194 Å². The Hall–Kier alpha value is -3.38. The maximum atomic E-state index is 2.26. The minimum absolute atomic E-state index is 1.24. The molecule has 0 aromatic heterocycles. The molecule has 162 valence electrons. The lowest BCUT2D eigenvalue weighted by molar-refractivity contribution is 1.26. The van der Waals surface area contributed by atoms with Crippen LogP contribution in [0.5, 0.6) is 0 Å². The van der Waals surface area contributed by atoms with Gasteiger partial charge in [-0.25, -0.2) is 0 Å². The van der Waals surface area contributed by atoms with E-state index < -0.39 is 0 Å². The van der Waals surface area contributed by atoms with Gasteiger partial charge in [-0.15, -0.1) is 0 Å². The summed E-state index contributed by atoms with van der Waals surface area (Å²) in [7, 11) is 0. The Morgan fingerprint density at radius 1 is 0.406 bits per heavy atom. The van der Waals surface area contributed by atoms with Gasteiger partial charge in [-0.2, -0.15) is 0 Å². The van der Waals surface area contributed by atoms with E-state index in [1.807, 2.05) is 6.07 Å². The molecule has 0 saturated heterocycles. The number of aryl methyl sites for hydroxylation is 4. The molecule has 0 heterocycles. The summed E-state index contributed by atoms with van der Waals surface area (Å²) in [5, 5.41) is 0. The molecule has 0 atom stereocenters. The van der Waals surface area contributed by atoms with Crippen LogP contribution in [-0.4, -0.2) is 0 Å². The fourth-order valence-corrected chi connectivity index (χ4v) is 3.75. The molecule has 0 unspecified atom stereocenters. The summed E-state index contributed by atoms with van der Waals surface area (Å²) in [6.07, 6.45) is 4.33. The van der Waals surface area contributed by atoms with Gasteiger partial charge < -0.3 is 0 Å². The van der Waals surface area contributed by atoms with Crippen molar-refractivity contribution in [1.29, 1.82) is 0 Å². The fourth-order valence-electron chi connectivity index (χ4n) is 3.75. The molecule has 4 aromatic carbocycles. The smallest absolute Gasteiger partial charge is 0.0179 e. The minimum Gasteiger partial charge on any atom is -0.0622 e. The molecule has 0 amide bonds. The third-order valence-electron chi connectivity index (χ3n) is 6.25. The van der Waals surface area contributed by atoms with Crippen LogP contribution in [0.25, 0.3) is 23.3 Å². The molecule has 4 aromatic rings. The van der Waals surface area contributed by atoms with E-state index in [9.17, 15) is 0 Å². The molecule has 0 N–H and O–H groups in total. The van der Waals surface area contributed by atoms with E-state index in [1.54, 1.807) is 0 Å². The lowest BCUT2D eigenvalue weighted by Crippen LogP contribution is -1.88. The number of hydrogen-bond donors (Lipinski definition) is 0. The van der Waals surface area contributed by atoms with Gasteiger partial charge in [-0.05, 0) is 97.2 Å². The molecule has 0 saturated carbocycles. The Kier molecular flexibility index (Phi) is 7.84. The van der Waals surface area contributed by atoms with Gasteiger partial charge in [0, 0.05) is 0 Å². The zero-order chi connectivity index (χ0) is 23.1. The third kappa shape index (κ3) is 6.08. The summed E-state index contributed by atoms with van der Waals surface area (Å²) in [5.41, 5.74) is 13.4. The summed E-state index contributed by atoms with van der Waals surface area (Å²) in [6, 6.07) is 29.9.